The molecule has 3 nitrogen and oxygen atoms in total. The summed E-state index contributed by atoms with van der Waals surface area (Å²) in [5.74, 6) is 0.797. The van der Waals surface area contributed by atoms with Crippen LogP contribution >= 0.6 is 0 Å². The standard InChI is InChI=1S/C15H21N3/c1-11-7-14-15(8-12(11)2)18(10-17-14)9-13-3-5-16-6-4-13/h7-8,10,13,16H,3-6,9H2,1-2H3. The third kappa shape index (κ3) is 2.15. The predicted molar refractivity (Wildman–Crippen MR) is 74.8 cm³/mol. The smallest absolute Gasteiger partial charge is 0.0958 e. The van der Waals surface area contributed by atoms with Crippen molar-refractivity contribution < 1.29 is 0 Å². The van der Waals surface area contributed by atoms with Crippen molar-refractivity contribution in [2.75, 3.05) is 13.1 Å². The highest BCUT2D eigenvalue weighted by atomic mass is 15.0. The van der Waals surface area contributed by atoms with Gasteiger partial charge in [0, 0.05) is 6.54 Å². The SMILES string of the molecule is Cc1cc2ncn(CC3CCNCC3)c2cc1C. The highest BCUT2D eigenvalue weighted by molar-refractivity contribution is 5.77. The van der Waals surface area contributed by atoms with E-state index in [4.69, 9.17) is 0 Å². The van der Waals surface area contributed by atoms with E-state index >= 15 is 0 Å². The Morgan fingerprint density at radius 2 is 1.94 bits per heavy atom. The molecular formula is C15H21N3. The highest BCUT2D eigenvalue weighted by Crippen LogP contribution is 2.21. The summed E-state index contributed by atoms with van der Waals surface area (Å²) in [4.78, 5) is 4.53. The third-order valence-corrected chi connectivity index (χ3v) is 4.15. The van der Waals surface area contributed by atoms with Gasteiger partial charge in [-0.25, -0.2) is 4.98 Å². The Morgan fingerprint density at radius 3 is 2.72 bits per heavy atom. The van der Waals surface area contributed by atoms with Crippen LogP contribution < -0.4 is 5.32 Å². The normalized spacial score (nSPS) is 17.4. The van der Waals surface area contributed by atoms with Crippen molar-refractivity contribution in [2.45, 2.75) is 33.2 Å². The topological polar surface area (TPSA) is 29.9 Å². The van der Waals surface area contributed by atoms with E-state index in [0.717, 1.165) is 31.1 Å². The maximum Gasteiger partial charge on any atom is 0.0958 e. The fourth-order valence-corrected chi connectivity index (χ4v) is 2.80. The lowest BCUT2D eigenvalue weighted by Crippen LogP contribution is -2.29. The van der Waals surface area contributed by atoms with Gasteiger partial charge in [-0.15, -0.1) is 0 Å². The molecule has 0 aliphatic carbocycles. The van der Waals surface area contributed by atoms with Gasteiger partial charge in [0.1, 0.15) is 0 Å². The van der Waals surface area contributed by atoms with Crippen LogP contribution in [0.1, 0.15) is 24.0 Å². The first-order valence-electron chi connectivity index (χ1n) is 6.87. The molecule has 0 spiro atoms. The van der Waals surface area contributed by atoms with Crippen molar-refractivity contribution in [3.05, 3.63) is 29.6 Å². The lowest BCUT2D eigenvalue weighted by molar-refractivity contribution is 0.336. The zero-order valence-electron chi connectivity index (χ0n) is 11.2. The number of aryl methyl sites for hydroxylation is 2. The van der Waals surface area contributed by atoms with E-state index in [0.29, 0.717) is 0 Å². The Bertz CT molecular complexity index is 550. The number of nitrogens with zero attached hydrogens (tertiary/aromatic N) is 2. The molecule has 1 aliphatic rings. The van der Waals surface area contributed by atoms with Crippen LogP contribution in [0.5, 0.6) is 0 Å². The summed E-state index contributed by atoms with van der Waals surface area (Å²) in [6.45, 7) is 7.77. The molecular weight excluding hydrogens is 222 g/mol. The van der Waals surface area contributed by atoms with Gasteiger partial charge >= 0.3 is 0 Å². The lowest BCUT2D eigenvalue weighted by atomic mass is 9.98. The molecule has 96 valence electrons. The van der Waals surface area contributed by atoms with Crippen LogP contribution in [-0.4, -0.2) is 22.6 Å². The van der Waals surface area contributed by atoms with Crippen LogP contribution in [0.15, 0.2) is 18.5 Å². The molecule has 2 aromatic rings. The van der Waals surface area contributed by atoms with Gasteiger partial charge in [-0.1, -0.05) is 0 Å². The number of hydrogen-bond acceptors (Lipinski definition) is 2. The van der Waals surface area contributed by atoms with Crippen LogP contribution in [-0.2, 0) is 6.54 Å². The van der Waals surface area contributed by atoms with Gasteiger partial charge in [0.2, 0.25) is 0 Å². The molecule has 1 saturated heterocycles. The number of hydrogen-bond donors (Lipinski definition) is 1. The minimum atomic E-state index is 0.797. The lowest BCUT2D eigenvalue weighted by Gasteiger charge is -2.23. The number of aromatic nitrogens is 2. The molecule has 3 heteroatoms. The zero-order valence-corrected chi connectivity index (χ0v) is 11.2. The van der Waals surface area contributed by atoms with Crippen molar-refractivity contribution in [3.63, 3.8) is 0 Å². The number of benzene rings is 1. The molecule has 1 aliphatic heterocycles. The molecule has 1 N–H and O–H groups in total. The summed E-state index contributed by atoms with van der Waals surface area (Å²) in [6, 6.07) is 4.47. The monoisotopic (exact) mass is 243 g/mol. The van der Waals surface area contributed by atoms with Crippen molar-refractivity contribution in [1.82, 2.24) is 14.9 Å². The van der Waals surface area contributed by atoms with Crippen molar-refractivity contribution in [3.8, 4) is 0 Å². The van der Waals surface area contributed by atoms with Crippen LogP contribution in [0.2, 0.25) is 0 Å². The fourth-order valence-electron chi connectivity index (χ4n) is 2.80. The van der Waals surface area contributed by atoms with Crippen LogP contribution in [0, 0.1) is 19.8 Å². The Kier molecular flexibility index (Phi) is 3.08. The van der Waals surface area contributed by atoms with E-state index in [2.05, 4.69) is 40.8 Å². The van der Waals surface area contributed by atoms with E-state index in [1.54, 1.807) is 0 Å². The molecule has 0 saturated carbocycles. The summed E-state index contributed by atoms with van der Waals surface area (Å²) in [7, 11) is 0. The first-order valence-corrected chi connectivity index (χ1v) is 6.87. The Morgan fingerprint density at radius 1 is 1.22 bits per heavy atom. The van der Waals surface area contributed by atoms with Crippen molar-refractivity contribution in [1.29, 1.82) is 0 Å². The van der Waals surface area contributed by atoms with Crippen molar-refractivity contribution >= 4 is 11.0 Å². The highest BCUT2D eigenvalue weighted by Gasteiger charge is 2.15. The van der Waals surface area contributed by atoms with E-state index in [9.17, 15) is 0 Å². The Labute approximate surface area is 108 Å². The minimum Gasteiger partial charge on any atom is -0.330 e. The summed E-state index contributed by atoms with van der Waals surface area (Å²) in [5, 5.41) is 3.42. The maximum absolute atomic E-state index is 4.53. The summed E-state index contributed by atoms with van der Waals surface area (Å²) in [6.07, 6.45) is 4.57. The van der Waals surface area contributed by atoms with Crippen LogP contribution in [0.3, 0.4) is 0 Å². The van der Waals surface area contributed by atoms with Gasteiger partial charge in [-0.2, -0.15) is 0 Å². The van der Waals surface area contributed by atoms with Crippen LogP contribution in [0.25, 0.3) is 11.0 Å². The molecule has 18 heavy (non-hydrogen) atoms. The summed E-state index contributed by atoms with van der Waals surface area (Å²) >= 11 is 0. The van der Waals surface area contributed by atoms with E-state index < -0.39 is 0 Å². The minimum absolute atomic E-state index is 0.797. The molecule has 1 aromatic carbocycles. The van der Waals surface area contributed by atoms with Gasteiger partial charge < -0.3 is 9.88 Å². The average Bonchev–Trinajstić information content (AvgIpc) is 2.74. The van der Waals surface area contributed by atoms with E-state index in [1.807, 2.05) is 6.33 Å². The number of fused-ring (bicyclic) bond motifs is 1. The van der Waals surface area contributed by atoms with E-state index in [1.165, 1.54) is 29.5 Å². The summed E-state index contributed by atoms with van der Waals surface area (Å²) in [5.41, 5.74) is 5.10. The molecule has 0 radical (unpaired) electrons. The first kappa shape index (κ1) is 11.7. The number of nitrogens with one attached hydrogen (secondary N) is 1. The molecule has 3 rings (SSSR count). The quantitative estimate of drug-likeness (QED) is 0.878. The fraction of sp³-hybridized carbons (Fsp3) is 0.533. The zero-order chi connectivity index (χ0) is 12.5. The second-order valence-corrected chi connectivity index (χ2v) is 5.52. The third-order valence-electron chi connectivity index (χ3n) is 4.15. The Hall–Kier alpha value is -1.35. The molecule has 2 heterocycles. The number of imidazole rings is 1. The van der Waals surface area contributed by atoms with Gasteiger partial charge in [0.05, 0.1) is 17.4 Å². The second-order valence-electron chi connectivity index (χ2n) is 5.52. The number of rotatable bonds is 2. The Balaban J connectivity index is 1.89. The molecule has 0 atom stereocenters. The van der Waals surface area contributed by atoms with Crippen LogP contribution in [0.4, 0.5) is 0 Å². The molecule has 0 bridgehead atoms. The largest absolute Gasteiger partial charge is 0.330 e. The predicted octanol–water partition coefficient (Wildman–Crippen LogP) is 2.65. The van der Waals surface area contributed by atoms with Gasteiger partial charge in [0.15, 0.2) is 0 Å². The first-order chi connectivity index (χ1) is 8.74. The molecule has 1 aromatic heterocycles. The molecule has 0 amide bonds. The molecule has 1 fully saturated rings. The van der Waals surface area contributed by atoms with Gasteiger partial charge in [-0.3, -0.25) is 0 Å². The molecule has 0 unspecified atom stereocenters. The number of piperidine rings is 1. The van der Waals surface area contributed by atoms with Gasteiger partial charge in [-0.05, 0) is 69.0 Å². The van der Waals surface area contributed by atoms with Crippen molar-refractivity contribution in [2.24, 2.45) is 5.92 Å². The average molecular weight is 243 g/mol. The summed E-state index contributed by atoms with van der Waals surface area (Å²) < 4.78 is 2.33. The van der Waals surface area contributed by atoms with Gasteiger partial charge in [0.25, 0.3) is 0 Å². The second kappa shape index (κ2) is 4.73. The maximum atomic E-state index is 4.53. The van der Waals surface area contributed by atoms with E-state index in [-0.39, 0.29) is 0 Å².